The van der Waals surface area contributed by atoms with Gasteiger partial charge in [0.25, 0.3) is 0 Å². The maximum Gasteiger partial charge on any atom is 0.0270 e. The van der Waals surface area contributed by atoms with E-state index in [1.54, 1.807) is 0 Å². The van der Waals surface area contributed by atoms with E-state index in [1.807, 2.05) is 12.4 Å². The van der Waals surface area contributed by atoms with Crippen LogP contribution in [-0.2, 0) is 6.42 Å². The monoisotopic (exact) mass is 247 g/mol. The van der Waals surface area contributed by atoms with Crippen molar-refractivity contribution >= 4 is 0 Å². The second-order valence-corrected chi connectivity index (χ2v) is 5.41. The van der Waals surface area contributed by atoms with Crippen molar-refractivity contribution in [3.8, 4) is 0 Å². The Bertz CT molecular complexity index is 320. The number of nitrogens with one attached hydrogen (secondary N) is 1. The molecule has 1 fully saturated rings. The van der Waals surface area contributed by atoms with Crippen molar-refractivity contribution in [2.24, 2.45) is 5.92 Å². The Morgan fingerprint density at radius 2 is 2.17 bits per heavy atom. The summed E-state index contributed by atoms with van der Waals surface area (Å²) >= 11 is 0. The van der Waals surface area contributed by atoms with E-state index in [0.29, 0.717) is 0 Å². The molecule has 2 heterocycles. The Balaban J connectivity index is 1.61. The molecule has 0 aromatic carbocycles. The van der Waals surface area contributed by atoms with Gasteiger partial charge >= 0.3 is 0 Å². The molecule has 3 heteroatoms. The average Bonchev–Trinajstić information content (AvgIpc) is 2.45. The van der Waals surface area contributed by atoms with Crippen LogP contribution < -0.4 is 5.32 Å². The molecule has 0 bridgehead atoms. The van der Waals surface area contributed by atoms with E-state index in [4.69, 9.17) is 0 Å². The van der Waals surface area contributed by atoms with Crippen LogP contribution in [0, 0.1) is 5.92 Å². The van der Waals surface area contributed by atoms with Crippen LogP contribution in [0.25, 0.3) is 0 Å². The summed E-state index contributed by atoms with van der Waals surface area (Å²) < 4.78 is 0. The molecule has 0 radical (unpaired) electrons. The predicted molar refractivity (Wildman–Crippen MR) is 75.6 cm³/mol. The molecule has 100 valence electrons. The summed E-state index contributed by atoms with van der Waals surface area (Å²) in [5.74, 6) is 0.891. The molecule has 0 aliphatic carbocycles. The van der Waals surface area contributed by atoms with Crippen LogP contribution in [0.1, 0.15) is 24.8 Å². The molecule has 2 rings (SSSR count). The van der Waals surface area contributed by atoms with E-state index in [-0.39, 0.29) is 0 Å². The van der Waals surface area contributed by atoms with Crippen LogP contribution in [0.15, 0.2) is 24.5 Å². The van der Waals surface area contributed by atoms with E-state index in [9.17, 15) is 0 Å². The van der Waals surface area contributed by atoms with Gasteiger partial charge in [0.15, 0.2) is 0 Å². The van der Waals surface area contributed by atoms with Crippen molar-refractivity contribution in [3.05, 3.63) is 30.1 Å². The van der Waals surface area contributed by atoms with Gasteiger partial charge in [-0.1, -0.05) is 0 Å². The standard InChI is InChI=1S/C15H25N3/c1-18(11-6-14-4-9-16-10-5-14)12-7-15-3-2-8-17-13-15/h4-5,9-10,15,17H,2-3,6-8,11-13H2,1H3/t15-/m1/s1. The second-order valence-electron chi connectivity index (χ2n) is 5.41. The van der Waals surface area contributed by atoms with Crippen LogP contribution >= 0.6 is 0 Å². The zero-order valence-corrected chi connectivity index (χ0v) is 11.4. The first kappa shape index (κ1) is 13.5. The summed E-state index contributed by atoms with van der Waals surface area (Å²) in [4.78, 5) is 6.50. The quantitative estimate of drug-likeness (QED) is 0.833. The molecule has 0 unspecified atom stereocenters. The Hall–Kier alpha value is -0.930. The zero-order valence-electron chi connectivity index (χ0n) is 11.4. The molecule has 1 aromatic heterocycles. The molecule has 1 aliphatic heterocycles. The van der Waals surface area contributed by atoms with Crippen LogP contribution in [0.5, 0.6) is 0 Å². The molecular weight excluding hydrogens is 222 g/mol. The zero-order chi connectivity index (χ0) is 12.6. The van der Waals surface area contributed by atoms with Gasteiger partial charge in [0, 0.05) is 18.9 Å². The molecule has 0 saturated carbocycles. The Kier molecular flexibility index (Phi) is 5.62. The Morgan fingerprint density at radius 1 is 1.33 bits per heavy atom. The van der Waals surface area contributed by atoms with Crippen molar-refractivity contribution in [1.82, 2.24) is 15.2 Å². The maximum absolute atomic E-state index is 4.05. The van der Waals surface area contributed by atoms with E-state index in [1.165, 1.54) is 44.5 Å². The summed E-state index contributed by atoms with van der Waals surface area (Å²) in [5.41, 5.74) is 1.39. The largest absolute Gasteiger partial charge is 0.316 e. The Morgan fingerprint density at radius 3 is 2.89 bits per heavy atom. The lowest BCUT2D eigenvalue weighted by Crippen LogP contribution is -2.32. The molecular formula is C15H25N3. The first-order chi connectivity index (χ1) is 8.84. The fourth-order valence-electron chi connectivity index (χ4n) is 2.55. The normalized spacial score (nSPS) is 20.2. The smallest absolute Gasteiger partial charge is 0.0270 e. The highest BCUT2D eigenvalue weighted by Gasteiger charge is 2.13. The fraction of sp³-hybridized carbons (Fsp3) is 0.667. The van der Waals surface area contributed by atoms with Crippen LogP contribution in [0.4, 0.5) is 0 Å². The molecule has 3 nitrogen and oxygen atoms in total. The third-order valence-corrected chi connectivity index (χ3v) is 3.85. The number of nitrogens with zero attached hydrogens (tertiary/aromatic N) is 2. The fourth-order valence-corrected chi connectivity index (χ4v) is 2.55. The van der Waals surface area contributed by atoms with E-state index in [2.05, 4.69) is 34.4 Å². The highest BCUT2D eigenvalue weighted by atomic mass is 15.1. The number of hydrogen-bond acceptors (Lipinski definition) is 3. The topological polar surface area (TPSA) is 28.2 Å². The molecule has 1 N–H and O–H groups in total. The van der Waals surface area contributed by atoms with Crippen molar-refractivity contribution in [2.45, 2.75) is 25.7 Å². The van der Waals surface area contributed by atoms with Crippen molar-refractivity contribution in [3.63, 3.8) is 0 Å². The van der Waals surface area contributed by atoms with Gasteiger partial charge in [0.1, 0.15) is 0 Å². The molecule has 1 aliphatic rings. The Labute approximate surface area is 111 Å². The minimum absolute atomic E-state index is 0.891. The average molecular weight is 247 g/mol. The summed E-state index contributed by atoms with van der Waals surface area (Å²) in [5, 5.41) is 3.49. The maximum atomic E-state index is 4.05. The number of piperidine rings is 1. The number of aromatic nitrogens is 1. The molecule has 18 heavy (non-hydrogen) atoms. The molecule has 1 atom stereocenters. The highest BCUT2D eigenvalue weighted by molar-refractivity contribution is 5.09. The first-order valence-electron chi connectivity index (χ1n) is 7.13. The van der Waals surface area contributed by atoms with Gasteiger partial charge < -0.3 is 10.2 Å². The van der Waals surface area contributed by atoms with E-state index < -0.39 is 0 Å². The molecule has 0 spiro atoms. The molecule has 1 aromatic rings. The van der Waals surface area contributed by atoms with Crippen molar-refractivity contribution in [2.75, 3.05) is 33.2 Å². The lowest BCUT2D eigenvalue weighted by molar-refractivity contribution is 0.275. The van der Waals surface area contributed by atoms with Crippen LogP contribution in [0.3, 0.4) is 0 Å². The van der Waals surface area contributed by atoms with Crippen LogP contribution in [0.2, 0.25) is 0 Å². The van der Waals surface area contributed by atoms with Gasteiger partial charge in [-0.3, -0.25) is 4.98 Å². The van der Waals surface area contributed by atoms with Gasteiger partial charge in [-0.15, -0.1) is 0 Å². The number of likely N-dealkylation sites (N-methyl/N-ethyl adjacent to an activating group) is 1. The van der Waals surface area contributed by atoms with Gasteiger partial charge in [0.2, 0.25) is 0 Å². The van der Waals surface area contributed by atoms with Gasteiger partial charge in [-0.2, -0.15) is 0 Å². The predicted octanol–water partition coefficient (Wildman–Crippen LogP) is 1.95. The lowest BCUT2D eigenvalue weighted by Gasteiger charge is -2.25. The van der Waals surface area contributed by atoms with Gasteiger partial charge in [-0.25, -0.2) is 0 Å². The van der Waals surface area contributed by atoms with Crippen molar-refractivity contribution < 1.29 is 0 Å². The summed E-state index contributed by atoms with van der Waals surface area (Å²) in [6, 6.07) is 4.22. The van der Waals surface area contributed by atoms with Gasteiger partial charge in [-0.05, 0) is 76.0 Å². The second kappa shape index (κ2) is 7.49. The molecule has 0 amide bonds. The number of hydrogen-bond donors (Lipinski definition) is 1. The van der Waals surface area contributed by atoms with Crippen molar-refractivity contribution in [1.29, 1.82) is 0 Å². The third kappa shape index (κ3) is 4.75. The van der Waals surface area contributed by atoms with E-state index >= 15 is 0 Å². The molecule has 1 saturated heterocycles. The third-order valence-electron chi connectivity index (χ3n) is 3.85. The summed E-state index contributed by atoms with van der Waals surface area (Å²) in [6.45, 7) is 4.80. The van der Waals surface area contributed by atoms with Crippen LogP contribution in [-0.4, -0.2) is 43.1 Å². The summed E-state index contributed by atoms with van der Waals surface area (Å²) in [6.07, 6.45) is 8.98. The summed E-state index contributed by atoms with van der Waals surface area (Å²) in [7, 11) is 2.23. The number of pyridine rings is 1. The minimum Gasteiger partial charge on any atom is -0.316 e. The SMILES string of the molecule is CN(CCc1ccncc1)CC[C@H]1CCCNC1. The lowest BCUT2D eigenvalue weighted by atomic mass is 9.96. The minimum atomic E-state index is 0.891. The first-order valence-corrected chi connectivity index (χ1v) is 7.13. The number of rotatable bonds is 6. The highest BCUT2D eigenvalue weighted by Crippen LogP contribution is 2.14. The van der Waals surface area contributed by atoms with Gasteiger partial charge in [0.05, 0.1) is 0 Å². The van der Waals surface area contributed by atoms with E-state index in [0.717, 1.165) is 18.9 Å².